The van der Waals surface area contributed by atoms with Crippen molar-refractivity contribution in [3.63, 3.8) is 0 Å². The zero-order valence-electron chi connectivity index (χ0n) is 16.4. The van der Waals surface area contributed by atoms with Crippen LogP contribution in [0.25, 0.3) is 0 Å². The second kappa shape index (κ2) is 10.7. The summed E-state index contributed by atoms with van der Waals surface area (Å²) in [5.74, 6) is 0.810. The van der Waals surface area contributed by atoms with Crippen LogP contribution in [0.5, 0.6) is 0 Å². The first-order valence-corrected chi connectivity index (χ1v) is 11.0. The number of aryl methyl sites for hydroxylation is 1. The average molecular weight is 436 g/mol. The van der Waals surface area contributed by atoms with E-state index in [4.69, 9.17) is 11.6 Å². The number of carbonyl (C=O) groups excluding carboxylic acids is 1. The maximum atomic E-state index is 10.5. The van der Waals surface area contributed by atoms with Crippen LogP contribution >= 0.6 is 23.5 Å². The van der Waals surface area contributed by atoms with E-state index < -0.39 is 0 Å². The molecule has 7 nitrogen and oxygen atoms in total. The summed E-state index contributed by atoms with van der Waals surface area (Å²) in [6.07, 6.45) is 4.38. The Balaban J connectivity index is 0.000000166. The van der Waals surface area contributed by atoms with Gasteiger partial charge in [0.25, 0.3) is 0 Å². The van der Waals surface area contributed by atoms with Gasteiger partial charge >= 0.3 is 0 Å². The van der Waals surface area contributed by atoms with Crippen LogP contribution in [0.1, 0.15) is 25.3 Å². The fourth-order valence-corrected chi connectivity index (χ4v) is 3.74. The fourth-order valence-electron chi connectivity index (χ4n) is 2.77. The Kier molecular flexibility index (Phi) is 7.97. The molecule has 2 aliphatic rings. The van der Waals surface area contributed by atoms with Gasteiger partial charge in [-0.3, -0.25) is 10.0 Å². The van der Waals surface area contributed by atoms with Gasteiger partial charge in [0.2, 0.25) is 6.41 Å². The molecule has 0 bridgehead atoms. The average Bonchev–Trinajstić information content (AvgIpc) is 3.59. The summed E-state index contributed by atoms with van der Waals surface area (Å²) >= 11 is 7.17. The molecule has 0 spiro atoms. The van der Waals surface area contributed by atoms with Gasteiger partial charge in [-0.15, -0.1) is 10.2 Å². The van der Waals surface area contributed by atoms with Crippen LogP contribution in [0.15, 0.2) is 36.4 Å². The predicted octanol–water partition coefficient (Wildman–Crippen LogP) is 3.66. The molecule has 4 rings (SSSR count). The van der Waals surface area contributed by atoms with E-state index in [-0.39, 0.29) is 0 Å². The van der Waals surface area contributed by atoms with Crippen LogP contribution < -0.4 is 9.37 Å². The van der Waals surface area contributed by atoms with E-state index in [1.165, 1.54) is 34.8 Å². The molecule has 2 fully saturated rings. The molecule has 1 aromatic carbocycles. The third kappa shape index (κ3) is 6.76. The van der Waals surface area contributed by atoms with Crippen molar-refractivity contribution < 1.29 is 10.0 Å². The molecule has 1 aliphatic heterocycles. The summed E-state index contributed by atoms with van der Waals surface area (Å²) in [6.45, 7) is 5.16. The largest absolute Gasteiger partial charge is 0.352 e. The SMILES string of the molecule is CCc1ccc(N(O)SC2CC2)cc1.O=CN1CCN(c2ccc(Cl)nn2)CC1. The van der Waals surface area contributed by atoms with Crippen molar-refractivity contribution in [2.75, 3.05) is 35.5 Å². The van der Waals surface area contributed by atoms with E-state index >= 15 is 0 Å². The lowest BCUT2D eigenvalue weighted by molar-refractivity contribution is -0.118. The van der Waals surface area contributed by atoms with Crippen molar-refractivity contribution >= 4 is 41.5 Å². The van der Waals surface area contributed by atoms with E-state index in [0.717, 1.165) is 50.5 Å². The Morgan fingerprint density at radius 2 is 1.83 bits per heavy atom. The summed E-state index contributed by atoms with van der Waals surface area (Å²) in [6, 6.07) is 11.6. The van der Waals surface area contributed by atoms with Crippen LogP contribution in [-0.4, -0.2) is 58.1 Å². The Bertz CT molecular complexity index is 765. The standard InChI is InChI=1S/C11H15NOS.C9H11ClN4O/c1-2-9-3-5-10(6-4-9)12(13)14-11-7-8-11;10-8-1-2-9(12-11-8)14-5-3-13(7-15)4-6-14/h3-6,11,13H,2,7-8H2,1H3;1-2,7H,3-6H2. The van der Waals surface area contributed by atoms with Crippen LogP contribution in [0.4, 0.5) is 11.5 Å². The zero-order chi connectivity index (χ0) is 20.6. The molecule has 29 heavy (non-hydrogen) atoms. The van der Waals surface area contributed by atoms with Gasteiger partial charge < -0.3 is 9.80 Å². The lowest BCUT2D eigenvalue weighted by Gasteiger charge is -2.32. The molecule has 1 saturated carbocycles. The van der Waals surface area contributed by atoms with Crippen LogP contribution in [0.2, 0.25) is 5.15 Å². The van der Waals surface area contributed by atoms with Crippen molar-refractivity contribution in [1.82, 2.24) is 15.1 Å². The normalized spacial score (nSPS) is 16.1. The number of benzene rings is 1. The van der Waals surface area contributed by atoms with Crippen LogP contribution in [0.3, 0.4) is 0 Å². The first-order valence-electron chi connectivity index (χ1n) is 9.77. The van der Waals surface area contributed by atoms with Crippen molar-refractivity contribution in [2.45, 2.75) is 31.4 Å². The van der Waals surface area contributed by atoms with Gasteiger partial charge in [-0.2, -0.15) is 4.47 Å². The highest BCUT2D eigenvalue weighted by atomic mass is 35.5. The number of hydrogen-bond donors (Lipinski definition) is 1. The van der Waals surface area contributed by atoms with Gasteiger partial charge in [-0.25, -0.2) is 0 Å². The van der Waals surface area contributed by atoms with Crippen molar-refractivity contribution in [1.29, 1.82) is 0 Å². The number of nitrogens with zero attached hydrogens (tertiary/aromatic N) is 5. The molecular weight excluding hydrogens is 410 g/mol. The summed E-state index contributed by atoms with van der Waals surface area (Å²) in [4.78, 5) is 14.3. The Morgan fingerprint density at radius 3 is 2.34 bits per heavy atom. The molecule has 1 N–H and O–H groups in total. The molecule has 2 heterocycles. The lowest BCUT2D eigenvalue weighted by atomic mass is 10.2. The molecule has 0 unspecified atom stereocenters. The number of halogens is 1. The van der Waals surface area contributed by atoms with Gasteiger partial charge in [-0.05, 0) is 61.0 Å². The zero-order valence-corrected chi connectivity index (χ0v) is 18.0. The van der Waals surface area contributed by atoms with Crippen molar-refractivity contribution in [3.05, 3.63) is 47.1 Å². The molecule has 0 radical (unpaired) electrons. The maximum absolute atomic E-state index is 10.5. The molecule has 1 saturated heterocycles. The Labute approximate surface area is 180 Å². The highest BCUT2D eigenvalue weighted by Gasteiger charge is 2.25. The molecule has 1 aromatic heterocycles. The third-order valence-electron chi connectivity index (χ3n) is 4.74. The number of aromatic nitrogens is 2. The minimum atomic E-state index is 0.394. The van der Waals surface area contributed by atoms with Crippen LogP contribution in [0, 0.1) is 0 Å². The molecule has 0 atom stereocenters. The van der Waals surface area contributed by atoms with Gasteiger partial charge in [0, 0.05) is 31.4 Å². The number of amides is 1. The van der Waals surface area contributed by atoms with E-state index in [1.807, 2.05) is 18.2 Å². The van der Waals surface area contributed by atoms with Gasteiger partial charge in [0.1, 0.15) is 0 Å². The smallest absolute Gasteiger partial charge is 0.209 e. The Hall–Kier alpha value is -2.03. The summed E-state index contributed by atoms with van der Waals surface area (Å²) in [5.41, 5.74) is 2.18. The minimum absolute atomic E-state index is 0.394. The monoisotopic (exact) mass is 435 g/mol. The number of hydrogen-bond acceptors (Lipinski definition) is 7. The highest BCUT2D eigenvalue weighted by Crippen LogP contribution is 2.37. The van der Waals surface area contributed by atoms with E-state index in [9.17, 15) is 10.0 Å². The van der Waals surface area contributed by atoms with Crippen molar-refractivity contribution in [2.24, 2.45) is 0 Å². The lowest BCUT2D eigenvalue weighted by Crippen LogP contribution is -2.46. The maximum Gasteiger partial charge on any atom is 0.209 e. The second-order valence-corrected chi connectivity index (χ2v) is 8.55. The molecule has 156 valence electrons. The molecule has 1 aliphatic carbocycles. The van der Waals surface area contributed by atoms with E-state index in [2.05, 4.69) is 34.2 Å². The molecule has 1 amide bonds. The first-order chi connectivity index (χ1) is 14.1. The second-order valence-electron chi connectivity index (χ2n) is 6.94. The van der Waals surface area contributed by atoms with Gasteiger partial charge in [-0.1, -0.05) is 30.7 Å². The summed E-state index contributed by atoms with van der Waals surface area (Å²) in [7, 11) is 0. The van der Waals surface area contributed by atoms with Crippen LogP contribution in [-0.2, 0) is 11.2 Å². The van der Waals surface area contributed by atoms with Crippen molar-refractivity contribution in [3.8, 4) is 0 Å². The number of rotatable bonds is 6. The number of carbonyl (C=O) groups is 1. The quantitative estimate of drug-likeness (QED) is 0.421. The minimum Gasteiger partial charge on any atom is -0.352 e. The Morgan fingerprint density at radius 1 is 1.14 bits per heavy atom. The van der Waals surface area contributed by atoms with Gasteiger partial charge in [0.05, 0.1) is 5.69 Å². The molecular formula is C20H26ClN5O2S. The number of piperazine rings is 1. The predicted molar refractivity (Wildman–Crippen MR) is 118 cm³/mol. The highest BCUT2D eigenvalue weighted by molar-refractivity contribution is 8.01. The number of anilines is 2. The topological polar surface area (TPSA) is 72.8 Å². The fraction of sp³-hybridized carbons (Fsp3) is 0.450. The molecule has 9 heteroatoms. The third-order valence-corrected chi connectivity index (χ3v) is 6.13. The van der Waals surface area contributed by atoms with Gasteiger partial charge in [0.15, 0.2) is 11.0 Å². The van der Waals surface area contributed by atoms with E-state index in [0.29, 0.717) is 10.4 Å². The van der Waals surface area contributed by atoms with E-state index in [1.54, 1.807) is 11.0 Å². The summed E-state index contributed by atoms with van der Waals surface area (Å²) < 4.78 is 1.29. The molecule has 2 aromatic rings. The first kappa shape index (κ1) is 21.7. The summed E-state index contributed by atoms with van der Waals surface area (Å²) in [5, 5.41) is 18.5.